The Hall–Kier alpha value is -2.30. The molecule has 2 rings (SSSR count). The summed E-state index contributed by atoms with van der Waals surface area (Å²) in [6.07, 6.45) is 1.28. The number of hydrogen-bond acceptors (Lipinski definition) is 4. The minimum absolute atomic E-state index is 0.129. The molecule has 4 N–H and O–H groups in total. The van der Waals surface area contributed by atoms with E-state index in [0.29, 0.717) is 11.4 Å². The lowest BCUT2D eigenvalue weighted by Gasteiger charge is -2.07. The largest absolute Gasteiger partial charge is 0.320 e. The van der Waals surface area contributed by atoms with Crippen LogP contribution >= 0.6 is 0 Å². The second kappa shape index (κ2) is 5.77. The normalized spacial score (nSPS) is 10.7. The lowest BCUT2D eigenvalue weighted by molar-refractivity contribution is 0.600. The van der Waals surface area contributed by atoms with Crippen LogP contribution in [0.4, 0.5) is 5.69 Å². The van der Waals surface area contributed by atoms with Gasteiger partial charge in [0.1, 0.15) is 4.90 Å². The molecule has 6 nitrogen and oxygen atoms in total. The van der Waals surface area contributed by atoms with Crippen LogP contribution in [0.3, 0.4) is 0 Å². The topological polar surface area (TPSA) is 101 Å². The van der Waals surface area contributed by atoms with Crippen LogP contribution in [-0.4, -0.2) is 25.2 Å². The third-order valence-electron chi connectivity index (χ3n) is 2.55. The van der Waals surface area contributed by atoms with Crippen LogP contribution in [0, 0.1) is 18.8 Å². The van der Waals surface area contributed by atoms with Crippen molar-refractivity contribution in [1.82, 2.24) is 10.2 Å². The highest BCUT2D eigenvalue weighted by Gasteiger charge is 2.18. The molecule has 0 atom stereocenters. The van der Waals surface area contributed by atoms with Gasteiger partial charge in [-0.25, -0.2) is 8.42 Å². The summed E-state index contributed by atoms with van der Waals surface area (Å²) < 4.78 is 26.7. The van der Waals surface area contributed by atoms with E-state index in [2.05, 4.69) is 26.8 Å². The number of aromatic amines is 1. The third kappa shape index (κ3) is 3.17. The molecular weight excluding hydrogens is 276 g/mol. The van der Waals surface area contributed by atoms with Crippen molar-refractivity contribution in [2.45, 2.75) is 11.8 Å². The molecule has 0 spiro atoms. The first kappa shape index (κ1) is 14.1. The maximum absolute atomic E-state index is 12.1. The number of nitrogens with two attached hydrogens (primary N) is 1. The summed E-state index contributed by atoms with van der Waals surface area (Å²) in [7, 11) is -3.63. The predicted octanol–water partition coefficient (Wildman–Crippen LogP) is 0.829. The second-order valence-corrected chi connectivity index (χ2v) is 5.70. The van der Waals surface area contributed by atoms with Gasteiger partial charge in [0.25, 0.3) is 10.0 Å². The fraction of sp³-hybridized carbons (Fsp3) is 0.154. The van der Waals surface area contributed by atoms with E-state index in [9.17, 15) is 8.42 Å². The number of anilines is 1. The monoisotopic (exact) mass is 290 g/mol. The molecule has 0 aliphatic carbocycles. The highest BCUT2D eigenvalue weighted by Crippen LogP contribution is 2.17. The van der Waals surface area contributed by atoms with Crippen LogP contribution in [0.25, 0.3) is 0 Å². The smallest absolute Gasteiger partial charge is 0.265 e. The Morgan fingerprint density at radius 2 is 2.05 bits per heavy atom. The summed E-state index contributed by atoms with van der Waals surface area (Å²) in [5, 5.41) is 6.30. The molecule has 0 amide bonds. The highest BCUT2D eigenvalue weighted by atomic mass is 32.2. The number of rotatable bonds is 3. The van der Waals surface area contributed by atoms with Crippen LogP contribution in [0.2, 0.25) is 0 Å². The van der Waals surface area contributed by atoms with Crippen molar-refractivity contribution in [1.29, 1.82) is 0 Å². The van der Waals surface area contributed by atoms with Crippen LogP contribution in [0.1, 0.15) is 11.3 Å². The summed E-state index contributed by atoms with van der Waals surface area (Å²) in [5.74, 6) is 5.59. The standard InChI is InChI=1S/C13H14N4O2S/c1-10-13(9-15-16-10)20(18,19)17-12-6-4-11(5-7-12)3-2-8-14/h4-7,9,17H,8,14H2,1H3,(H,15,16). The van der Waals surface area contributed by atoms with Gasteiger partial charge in [0.2, 0.25) is 0 Å². The lowest BCUT2D eigenvalue weighted by atomic mass is 10.2. The first-order valence-electron chi connectivity index (χ1n) is 5.85. The molecule has 0 unspecified atom stereocenters. The Labute approximate surface area is 117 Å². The highest BCUT2D eigenvalue weighted by molar-refractivity contribution is 7.92. The summed E-state index contributed by atoms with van der Waals surface area (Å²) in [6.45, 7) is 1.93. The SMILES string of the molecule is Cc1[nH]ncc1S(=O)(=O)Nc1ccc(C#CCN)cc1. The minimum atomic E-state index is -3.63. The molecule has 2 aromatic rings. The molecule has 0 radical (unpaired) electrons. The number of sulfonamides is 1. The molecule has 1 aromatic heterocycles. The molecule has 0 bridgehead atoms. The Balaban J connectivity index is 2.20. The van der Waals surface area contributed by atoms with E-state index in [1.807, 2.05) is 0 Å². The number of benzene rings is 1. The van der Waals surface area contributed by atoms with Gasteiger partial charge in [-0.1, -0.05) is 11.8 Å². The number of aryl methyl sites for hydroxylation is 1. The zero-order valence-corrected chi connectivity index (χ0v) is 11.7. The molecular formula is C13H14N4O2S. The second-order valence-electron chi connectivity index (χ2n) is 4.05. The molecule has 0 fully saturated rings. The van der Waals surface area contributed by atoms with Crippen molar-refractivity contribution in [2.75, 3.05) is 11.3 Å². The quantitative estimate of drug-likeness (QED) is 0.729. The van der Waals surface area contributed by atoms with Crippen molar-refractivity contribution in [3.05, 3.63) is 41.7 Å². The fourth-order valence-corrected chi connectivity index (χ4v) is 2.79. The molecule has 0 aliphatic heterocycles. The van der Waals surface area contributed by atoms with E-state index >= 15 is 0 Å². The van der Waals surface area contributed by atoms with E-state index in [-0.39, 0.29) is 11.4 Å². The minimum Gasteiger partial charge on any atom is -0.320 e. The number of nitrogens with one attached hydrogen (secondary N) is 2. The number of H-pyrrole nitrogens is 1. The van der Waals surface area contributed by atoms with Crippen molar-refractivity contribution in [3.8, 4) is 11.8 Å². The Morgan fingerprint density at radius 1 is 1.35 bits per heavy atom. The van der Waals surface area contributed by atoms with Gasteiger partial charge in [0.15, 0.2) is 0 Å². The molecule has 20 heavy (non-hydrogen) atoms. The average Bonchev–Trinajstić information content (AvgIpc) is 2.85. The van der Waals surface area contributed by atoms with Gasteiger partial charge in [-0.2, -0.15) is 5.10 Å². The van der Waals surface area contributed by atoms with Crippen molar-refractivity contribution in [3.63, 3.8) is 0 Å². The fourth-order valence-electron chi connectivity index (χ4n) is 1.60. The molecule has 0 saturated carbocycles. The summed E-state index contributed by atoms with van der Waals surface area (Å²) >= 11 is 0. The molecule has 1 heterocycles. The first-order chi connectivity index (χ1) is 9.53. The maximum Gasteiger partial charge on any atom is 0.265 e. The van der Waals surface area contributed by atoms with Crippen molar-refractivity contribution < 1.29 is 8.42 Å². The zero-order valence-electron chi connectivity index (χ0n) is 10.8. The van der Waals surface area contributed by atoms with E-state index in [4.69, 9.17) is 5.73 Å². The van der Waals surface area contributed by atoms with Crippen molar-refractivity contribution >= 4 is 15.7 Å². The zero-order chi connectivity index (χ0) is 14.6. The van der Waals surface area contributed by atoms with Gasteiger partial charge in [-0.3, -0.25) is 9.82 Å². The molecule has 104 valence electrons. The van der Waals surface area contributed by atoms with Gasteiger partial charge < -0.3 is 5.73 Å². The van der Waals surface area contributed by atoms with Crippen LogP contribution in [0.5, 0.6) is 0 Å². The van der Waals surface area contributed by atoms with E-state index in [1.54, 1.807) is 31.2 Å². The summed E-state index contributed by atoms with van der Waals surface area (Å²) in [6, 6.07) is 6.74. The number of aromatic nitrogens is 2. The predicted molar refractivity (Wildman–Crippen MR) is 76.5 cm³/mol. The molecule has 0 aliphatic rings. The van der Waals surface area contributed by atoms with Gasteiger partial charge in [0.05, 0.1) is 18.4 Å². The van der Waals surface area contributed by atoms with E-state index in [0.717, 1.165) is 5.56 Å². The number of hydrogen-bond donors (Lipinski definition) is 3. The summed E-state index contributed by atoms with van der Waals surface area (Å²) in [4.78, 5) is 0.129. The Morgan fingerprint density at radius 3 is 2.60 bits per heavy atom. The average molecular weight is 290 g/mol. The van der Waals surface area contributed by atoms with Gasteiger partial charge in [0, 0.05) is 11.3 Å². The van der Waals surface area contributed by atoms with E-state index in [1.165, 1.54) is 6.20 Å². The first-order valence-corrected chi connectivity index (χ1v) is 7.33. The number of nitrogens with zero attached hydrogens (tertiary/aromatic N) is 1. The third-order valence-corrected chi connectivity index (χ3v) is 4.04. The van der Waals surface area contributed by atoms with E-state index < -0.39 is 10.0 Å². The van der Waals surface area contributed by atoms with Gasteiger partial charge in [-0.15, -0.1) is 0 Å². The van der Waals surface area contributed by atoms with Gasteiger partial charge in [-0.05, 0) is 31.2 Å². The molecule has 1 aromatic carbocycles. The van der Waals surface area contributed by atoms with Crippen molar-refractivity contribution in [2.24, 2.45) is 5.73 Å². The lowest BCUT2D eigenvalue weighted by Crippen LogP contribution is -2.13. The molecule has 0 saturated heterocycles. The summed E-state index contributed by atoms with van der Waals surface area (Å²) in [5.41, 5.74) is 7.01. The van der Waals surface area contributed by atoms with Gasteiger partial charge >= 0.3 is 0 Å². The van der Waals surface area contributed by atoms with Crippen LogP contribution in [0.15, 0.2) is 35.4 Å². The Kier molecular flexibility index (Phi) is 4.08. The maximum atomic E-state index is 12.1. The Bertz CT molecular complexity index is 752. The molecule has 7 heteroatoms. The van der Waals surface area contributed by atoms with Crippen LogP contribution in [-0.2, 0) is 10.0 Å². The van der Waals surface area contributed by atoms with Crippen LogP contribution < -0.4 is 10.5 Å².